The zero-order valence-corrected chi connectivity index (χ0v) is 11.0. The van der Waals surface area contributed by atoms with Crippen LogP contribution in [0.1, 0.15) is 18.9 Å². The average Bonchev–Trinajstić information content (AvgIpc) is 2.29. The first-order chi connectivity index (χ1) is 7.63. The van der Waals surface area contributed by atoms with E-state index in [2.05, 4.69) is 22.5 Å². The smallest absolute Gasteiger partial charge is 0.0645 e. The van der Waals surface area contributed by atoms with Crippen LogP contribution in [0.2, 0.25) is 0 Å². The molecule has 1 aromatic carbocycles. The van der Waals surface area contributed by atoms with Gasteiger partial charge in [0.15, 0.2) is 0 Å². The van der Waals surface area contributed by atoms with Gasteiger partial charge >= 0.3 is 0 Å². The molecule has 16 heavy (non-hydrogen) atoms. The van der Waals surface area contributed by atoms with Crippen molar-refractivity contribution in [3.63, 3.8) is 0 Å². The minimum Gasteiger partial charge on any atom is -0.392 e. The molecule has 0 fully saturated rings. The van der Waals surface area contributed by atoms with Crippen LogP contribution >= 0.6 is 15.9 Å². The van der Waals surface area contributed by atoms with E-state index in [-0.39, 0.29) is 12.0 Å². The van der Waals surface area contributed by atoms with Crippen LogP contribution < -0.4 is 0 Å². The molecule has 1 N–H and O–H groups in total. The van der Waals surface area contributed by atoms with E-state index in [1.165, 1.54) is 0 Å². The molecule has 1 nitrogen and oxygen atoms in total. The van der Waals surface area contributed by atoms with Crippen LogP contribution in [-0.2, 0) is 0 Å². The molecule has 2 atom stereocenters. The van der Waals surface area contributed by atoms with Crippen molar-refractivity contribution in [1.82, 2.24) is 0 Å². The number of hydrogen-bond donors (Lipinski definition) is 1. The van der Waals surface area contributed by atoms with Crippen LogP contribution in [0.15, 0.2) is 47.5 Å². The quantitative estimate of drug-likeness (QED) is 0.809. The molecule has 0 amide bonds. The van der Waals surface area contributed by atoms with Crippen molar-refractivity contribution in [1.29, 1.82) is 0 Å². The molecular formula is C14H17BrO. The van der Waals surface area contributed by atoms with E-state index in [9.17, 15) is 5.11 Å². The molecule has 0 saturated heterocycles. The number of aliphatic hydroxyl groups is 1. The summed E-state index contributed by atoms with van der Waals surface area (Å²) in [4.78, 5) is 0. The normalized spacial score (nSPS) is 15.6. The van der Waals surface area contributed by atoms with Gasteiger partial charge in [0.05, 0.1) is 6.10 Å². The number of aliphatic hydroxyl groups excluding tert-OH is 1. The SMILES string of the molecule is C=C[C@H](C)[C@H](O)C/C(Br)=C/c1ccccc1. The van der Waals surface area contributed by atoms with Crippen molar-refractivity contribution in [3.05, 3.63) is 53.0 Å². The summed E-state index contributed by atoms with van der Waals surface area (Å²) in [6.45, 7) is 5.64. The fourth-order valence-electron chi connectivity index (χ4n) is 1.33. The summed E-state index contributed by atoms with van der Waals surface area (Å²) in [5.41, 5.74) is 1.13. The van der Waals surface area contributed by atoms with Crippen molar-refractivity contribution in [2.75, 3.05) is 0 Å². The molecule has 0 aliphatic carbocycles. The summed E-state index contributed by atoms with van der Waals surface area (Å²) < 4.78 is 1.000. The second-order valence-electron chi connectivity index (χ2n) is 3.87. The van der Waals surface area contributed by atoms with Gasteiger partial charge in [-0.1, -0.05) is 59.3 Å². The molecule has 2 heteroatoms. The number of halogens is 1. The zero-order chi connectivity index (χ0) is 12.0. The van der Waals surface area contributed by atoms with Gasteiger partial charge in [-0.25, -0.2) is 0 Å². The highest BCUT2D eigenvalue weighted by Crippen LogP contribution is 2.21. The van der Waals surface area contributed by atoms with E-state index in [0.29, 0.717) is 6.42 Å². The molecule has 0 heterocycles. The molecule has 0 aromatic heterocycles. The Balaban J connectivity index is 2.62. The van der Waals surface area contributed by atoms with E-state index in [1.807, 2.05) is 43.3 Å². The van der Waals surface area contributed by atoms with Gasteiger partial charge in [-0.2, -0.15) is 0 Å². The molecule has 0 unspecified atom stereocenters. The van der Waals surface area contributed by atoms with E-state index >= 15 is 0 Å². The van der Waals surface area contributed by atoms with Crippen molar-refractivity contribution in [2.24, 2.45) is 5.92 Å². The lowest BCUT2D eigenvalue weighted by Gasteiger charge is -2.14. The van der Waals surface area contributed by atoms with Crippen LogP contribution in [0.3, 0.4) is 0 Å². The Bertz CT molecular complexity index is 356. The Morgan fingerprint density at radius 3 is 2.62 bits per heavy atom. The minimum atomic E-state index is -0.383. The van der Waals surface area contributed by atoms with Crippen LogP contribution in [0.25, 0.3) is 6.08 Å². The molecule has 0 radical (unpaired) electrons. The Morgan fingerprint density at radius 2 is 2.06 bits per heavy atom. The number of hydrogen-bond acceptors (Lipinski definition) is 1. The van der Waals surface area contributed by atoms with Crippen molar-refractivity contribution in [2.45, 2.75) is 19.4 Å². The lowest BCUT2D eigenvalue weighted by molar-refractivity contribution is 0.140. The maximum Gasteiger partial charge on any atom is 0.0645 e. The van der Waals surface area contributed by atoms with Gasteiger partial charge < -0.3 is 5.11 Å². The van der Waals surface area contributed by atoms with Gasteiger partial charge in [-0.3, -0.25) is 0 Å². The van der Waals surface area contributed by atoms with Gasteiger partial charge in [0, 0.05) is 12.3 Å². The van der Waals surface area contributed by atoms with E-state index < -0.39 is 0 Å². The highest BCUT2D eigenvalue weighted by atomic mass is 79.9. The molecule has 1 aromatic rings. The monoisotopic (exact) mass is 280 g/mol. The topological polar surface area (TPSA) is 20.2 Å². The van der Waals surface area contributed by atoms with E-state index in [1.54, 1.807) is 6.08 Å². The predicted molar refractivity (Wildman–Crippen MR) is 73.3 cm³/mol. The second kappa shape index (κ2) is 6.66. The fraction of sp³-hybridized carbons (Fsp3) is 0.286. The summed E-state index contributed by atoms with van der Waals surface area (Å²) in [6.07, 6.45) is 4.03. The fourth-order valence-corrected chi connectivity index (χ4v) is 1.93. The number of benzene rings is 1. The third-order valence-electron chi connectivity index (χ3n) is 2.51. The largest absolute Gasteiger partial charge is 0.392 e. The first kappa shape index (κ1) is 13.2. The molecule has 0 aliphatic rings. The lowest BCUT2D eigenvalue weighted by atomic mass is 10.0. The molecular weight excluding hydrogens is 264 g/mol. The van der Waals surface area contributed by atoms with E-state index in [4.69, 9.17) is 0 Å². The zero-order valence-electron chi connectivity index (χ0n) is 9.44. The molecule has 0 saturated carbocycles. The first-order valence-corrected chi connectivity index (χ1v) is 6.14. The Hall–Kier alpha value is -0.860. The van der Waals surface area contributed by atoms with Crippen LogP contribution in [0.5, 0.6) is 0 Å². The third kappa shape index (κ3) is 4.33. The summed E-state index contributed by atoms with van der Waals surface area (Å²) >= 11 is 3.48. The maximum absolute atomic E-state index is 9.82. The van der Waals surface area contributed by atoms with Crippen molar-refractivity contribution < 1.29 is 5.11 Å². The first-order valence-electron chi connectivity index (χ1n) is 5.35. The van der Waals surface area contributed by atoms with Gasteiger partial charge in [0.25, 0.3) is 0 Å². The molecule has 86 valence electrons. The van der Waals surface area contributed by atoms with Gasteiger partial charge in [-0.05, 0) is 16.1 Å². The maximum atomic E-state index is 9.82. The van der Waals surface area contributed by atoms with Crippen LogP contribution in [-0.4, -0.2) is 11.2 Å². The minimum absolute atomic E-state index is 0.108. The molecule has 1 rings (SSSR count). The lowest BCUT2D eigenvalue weighted by Crippen LogP contribution is -2.15. The Labute approximate surface area is 106 Å². The standard InChI is InChI=1S/C14H17BrO/c1-3-11(2)14(16)10-13(15)9-12-7-5-4-6-8-12/h3-9,11,14,16H,1,10H2,2H3/b13-9-/t11-,14+/m0/s1. The van der Waals surface area contributed by atoms with Crippen LogP contribution in [0, 0.1) is 5.92 Å². The summed E-state index contributed by atoms with van der Waals surface area (Å²) in [6, 6.07) is 10.0. The van der Waals surface area contributed by atoms with Crippen molar-refractivity contribution in [3.8, 4) is 0 Å². The average molecular weight is 281 g/mol. The highest BCUT2D eigenvalue weighted by Gasteiger charge is 2.11. The third-order valence-corrected chi connectivity index (χ3v) is 3.06. The molecule has 0 spiro atoms. The summed E-state index contributed by atoms with van der Waals surface area (Å²) in [7, 11) is 0. The number of rotatable bonds is 5. The highest BCUT2D eigenvalue weighted by molar-refractivity contribution is 9.11. The van der Waals surface area contributed by atoms with Crippen LogP contribution in [0.4, 0.5) is 0 Å². The van der Waals surface area contributed by atoms with Gasteiger partial charge in [0.1, 0.15) is 0 Å². The van der Waals surface area contributed by atoms with Gasteiger partial charge in [-0.15, -0.1) is 6.58 Å². The second-order valence-corrected chi connectivity index (χ2v) is 4.89. The van der Waals surface area contributed by atoms with Crippen molar-refractivity contribution >= 4 is 22.0 Å². The predicted octanol–water partition coefficient (Wildman–Crippen LogP) is 4.00. The Kier molecular flexibility index (Phi) is 5.50. The van der Waals surface area contributed by atoms with E-state index in [0.717, 1.165) is 10.0 Å². The van der Waals surface area contributed by atoms with Gasteiger partial charge in [0.2, 0.25) is 0 Å². The molecule has 0 aliphatic heterocycles. The summed E-state index contributed by atoms with van der Waals surface area (Å²) in [5.74, 6) is 0.108. The summed E-state index contributed by atoms with van der Waals surface area (Å²) in [5, 5.41) is 9.82. The Morgan fingerprint density at radius 1 is 1.44 bits per heavy atom. The molecule has 0 bridgehead atoms.